The summed E-state index contributed by atoms with van der Waals surface area (Å²) >= 11 is 0. The Balaban J connectivity index is 1.74. The Morgan fingerprint density at radius 3 is 1.32 bits per heavy atom. The van der Waals surface area contributed by atoms with Gasteiger partial charge in [-0.3, -0.25) is 23.7 Å². The van der Waals surface area contributed by atoms with Gasteiger partial charge in [-0.15, -0.1) is 0 Å². The van der Waals surface area contributed by atoms with Gasteiger partial charge in [0.15, 0.2) is 22.9 Å². The van der Waals surface area contributed by atoms with E-state index in [2.05, 4.69) is 0 Å². The van der Waals surface area contributed by atoms with Crippen molar-refractivity contribution < 1.29 is 34.1 Å². The molecule has 0 unspecified atom stereocenters. The standard InChI is InChI=1S/C25H31N5O7/c1-16(31)26-8-12-28(13-9-26)24(35)20-22(33)23(34)21(30(20)18-4-6-19(37-3)7-5-18)25(36)29-14-10-27(11-15-29)17(2)32/h4-7,33-34H,8-15H2,1-3H3. The summed E-state index contributed by atoms with van der Waals surface area (Å²) in [5.41, 5.74) is -0.123. The zero-order chi connectivity index (χ0) is 26.9. The predicted octanol–water partition coefficient (Wildman–Crippen LogP) is 0.506. The number of hydrogen-bond donors (Lipinski definition) is 2. The Labute approximate surface area is 214 Å². The highest BCUT2D eigenvalue weighted by molar-refractivity contribution is 6.04. The molecule has 2 aromatic rings. The van der Waals surface area contributed by atoms with Gasteiger partial charge in [0.1, 0.15) is 5.75 Å². The van der Waals surface area contributed by atoms with E-state index in [4.69, 9.17) is 4.74 Å². The molecule has 1 aromatic carbocycles. The molecule has 4 amide bonds. The number of hydrogen-bond acceptors (Lipinski definition) is 7. The number of piperazine rings is 2. The number of amides is 4. The molecule has 37 heavy (non-hydrogen) atoms. The number of rotatable bonds is 4. The summed E-state index contributed by atoms with van der Waals surface area (Å²) in [4.78, 5) is 56.9. The smallest absolute Gasteiger partial charge is 0.275 e. The minimum Gasteiger partial charge on any atom is -0.503 e. The van der Waals surface area contributed by atoms with Crippen LogP contribution in [0.15, 0.2) is 24.3 Å². The molecular weight excluding hydrogens is 482 g/mol. The topological polar surface area (TPSA) is 136 Å². The van der Waals surface area contributed by atoms with Crippen molar-refractivity contribution in [2.45, 2.75) is 13.8 Å². The van der Waals surface area contributed by atoms with Gasteiger partial charge in [-0.25, -0.2) is 0 Å². The number of ether oxygens (including phenoxy) is 1. The number of aromatic nitrogens is 1. The first kappa shape index (κ1) is 25.9. The molecule has 0 saturated carbocycles. The van der Waals surface area contributed by atoms with Crippen molar-refractivity contribution in [2.24, 2.45) is 0 Å². The molecule has 1 aromatic heterocycles. The molecule has 2 aliphatic rings. The van der Waals surface area contributed by atoms with Crippen LogP contribution in [0.25, 0.3) is 5.69 Å². The van der Waals surface area contributed by atoms with Gasteiger partial charge >= 0.3 is 0 Å². The summed E-state index contributed by atoms with van der Waals surface area (Å²) in [6, 6.07) is 6.52. The first-order chi connectivity index (χ1) is 17.6. The molecular formula is C25H31N5O7. The third-order valence-corrected chi connectivity index (χ3v) is 6.88. The first-order valence-corrected chi connectivity index (χ1v) is 12.0. The summed E-state index contributed by atoms with van der Waals surface area (Å²) in [6.45, 7) is 5.23. The maximum atomic E-state index is 13.6. The van der Waals surface area contributed by atoms with E-state index < -0.39 is 23.3 Å². The van der Waals surface area contributed by atoms with Crippen LogP contribution in [0, 0.1) is 0 Å². The quantitative estimate of drug-likeness (QED) is 0.608. The van der Waals surface area contributed by atoms with E-state index >= 15 is 0 Å². The molecule has 0 bridgehead atoms. The molecule has 2 saturated heterocycles. The van der Waals surface area contributed by atoms with Gasteiger partial charge in [-0.1, -0.05) is 0 Å². The van der Waals surface area contributed by atoms with E-state index in [0.717, 1.165) is 0 Å². The number of methoxy groups -OCH3 is 1. The lowest BCUT2D eigenvalue weighted by Crippen LogP contribution is -2.51. The number of carbonyl (C=O) groups is 4. The van der Waals surface area contributed by atoms with Crippen LogP contribution in [0.1, 0.15) is 34.8 Å². The Kier molecular flexibility index (Phi) is 7.28. The van der Waals surface area contributed by atoms with Crippen LogP contribution in [0.5, 0.6) is 17.2 Å². The summed E-state index contributed by atoms with van der Waals surface area (Å²) in [6.07, 6.45) is 0. The largest absolute Gasteiger partial charge is 0.503 e. The molecule has 12 nitrogen and oxygen atoms in total. The van der Waals surface area contributed by atoms with E-state index in [1.165, 1.54) is 35.3 Å². The van der Waals surface area contributed by atoms with E-state index in [1.54, 1.807) is 34.1 Å². The monoisotopic (exact) mass is 513 g/mol. The molecule has 2 aliphatic heterocycles. The van der Waals surface area contributed by atoms with Gasteiger partial charge in [-0.05, 0) is 24.3 Å². The van der Waals surface area contributed by atoms with E-state index in [-0.39, 0.29) is 49.4 Å². The summed E-state index contributed by atoms with van der Waals surface area (Å²) in [7, 11) is 1.51. The molecule has 12 heteroatoms. The average molecular weight is 514 g/mol. The van der Waals surface area contributed by atoms with Crippen molar-refractivity contribution >= 4 is 23.6 Å². The second-order valence-electron chi connectivity index (χ2n) is 9.02. The van der Waals surface area contributed by atoms with Crippen molar-refractivity contribution in [3.05, 3.63) is 35.7 Å². The van der Waals surface area contributed by atoms with Crippen molar-refractivity contribution in [1.82, 2.24) is 24.2 Å². The lowest BCUT2D eigenvalue weighted by molar-refractivity contribution is -0.131. The first-order valence-electron chi connectivity index (χ1n) is 12.0. The minimum absolute atomic E-state index is 0.0908. The summed E-state index contributed by atoms with van der Waals surface area (Å²) in [5, 5.41) is 21.9. The van der Waals surface area contributed by atoms with E-state index in [1.807, 2.05) is 0 Å². The molecule has 2 fully saturated rings. The average Bonchev–Trinajstić information content (AvgIpc) is 3.18. The van der Waals surface area contributed by atoms with Gasteiger partial charge in [0, 0.05) is 71.9 Å². The highest BCUT2D eigenvalue weighted by atomic mass is 16.5. The lowest BCUT2D eigenvalue weighted by atomic mass is 10.2. The van der Waals surface area contributed by atoms with Crippen molar-refractivity contribution in [3.8, 4) is 22.9 Å². The zero-order valence-electron chi connectivity index (χ0n) is 21.1. The van der Waals surface area contributed by atoms with Crippen LogP contribution in [-0.2, 0) is 9.59 Å². The molecule has 0 spiro atoms. The molecule has 2 N–H and O–H groups in total. The van der Waals surface area contributed by atoms with E-state index in [0.29, 0.717) is 37.6 Å². The number of benzene rings is 1. The normalized spacial score (nSPS) is 16.1. The fourth-order valence-corrected chi connectivity index (χ4v) is 4.68. The SMILES string of the molecule is COc1ccc(-n2c(C(=O)N3CCN(C(C)=O)CC3)c(O)c(O)c2C(=O)N2CCN(C(C)=O)CC2)cc1. The second-order valence-corrected chi connectivity index (χ2v) is 9.02. The molecule has 0 aliphatic carbocycles. The van der Waals surface area contributed by atoms with Crippen LogP contribution in [0.4, 0.5) is 0 Å². The summed E-state index contributed by atoms with van der Waals surface area (Å²) < 4.78 is 6.48. The molecule has 0 radical (unpaired) electrons. The highest BCUT2D eigenvalue weighted by Gasteiger charge is 2.37. The maximum Gasteiger partial charge on any atom is 0.275 e. The third-order valence-electron chi connectivity index (χ3n) is 6.88. The highest BCUT2D eigenvalue weighted by Crippen LogP contribution is 2.40. The van der Waals surface area contributed by atoms with Crippen molar-refractivity contribution in [3.63, 3.8) is 0 Å². The van der Waals surface area contributed by atoms with Crippen LogP contribution < -0.4 is 4.74 Å². The number of carbonyl (C=O) groups excluding carboxylic acids is 4. The van der Waals surface area contributed by atoms with Gasteiger partial charge < -0.3 is 34.5 Å². The van der Waals surface area contributed by atoms with Crippen molar-refractivity contribution in [2.75, 3.05) is 59.5 Å². The fraction of sp³-hybridized carbons (Fsp3) is 0.440. The van der Waals surface area contributed by atoms with Crippen LogP contribution in [0.3, 0.4) is 0 Å². The molecule has 3 heterocycles. The van der Waals surface area contributed by atoms with Crippen LogP contribution >= 0.6 is 0 Å². The molecule has 4 rings (SSSR count). The number of nitrogens with zero attached hydrogens (tertiary/aromatic N) is 5. The van der Waals surface area contributed by atoms with Gasteiger partial charge in [0.05, 0.1) is 7.11 Å². The minimum atomic E-state index is -0.694. The second kappa shape index (κ2) is 10.4. The van der Waals surface area contributed by atoms with E-state index in [9.17, 15) is 29.4 Å². The Morgan fingerprint density at radius 1 is 0.649 bits per heavy atom. The number of aromatic hydroxyl groups is 2. The Morgan fingerprint density at radius 2 is 1.00 bits per heavy atom. The van der Waals surface area contributed by atoms with Crippen LogP contribution in [-0.4, -0.2) is 117 Å². The van der Waals surface area contributed by atoms with Gasteiger partial charge in [-0.2, -0.15) is 0 Å². The third kappa shape index (κ3) is 4.91. The fourth-order valence-electron chi connectivity index (χ4n) is 4.68. The molecule has 198 valence electrons. The lowest BCUT2D eigenvalue weighted by Gasteiger charge is -2.35. The Bertz CT molecular complexity index is 1140. The maximum absolute atomic E-state index is 13.6. The van der Waals surface area contributed by atoms with Crippen LogP contribution in [0.2, 0.25) is 0 Å². The summed E-state index contributed by atoms with van der Waals surface area (Å²) in [5.74, 6) is -2.18. The zero-order valence-corrected chi connectivity index (χ0v) is 21.1. The Hall–Kier alpha value is -4.22. The molecule has 0 atom stereocenters. The van der Waals surface area contributed by atoms with Crippen molar-refractivity contribution in [1.29, 1.82) is 0 Å². The van der Waals surface area contributed by atoms with Gasteiger partial charge in [0.25, 0.3) is 11.8 Å². The predicted molar refractivity (Wildman–Crippen MR) is 132 cm³/mol. The van der Waals surface area contributed by atoms with Gasteiger partial charge in [0.2, 0.25) is 11.8 Å².